The Balaban J connectivity index is 1.54. The minimum atomic E-state index is -0.287. The summed E-state index contributed by atoms with van der Waals surface area (Å²) in [5, 5.41) is 3.80. The van der Waals surface area contributed by atoms with E-state index in [4.69, 9.17) is 4.74 Å². The zero-order valence-electron chi connectivity index (χ0n) is 15.7. The number of fused-ring (bicyclic) bond motifs is 1. The Labute approximate surface area is 171 Å². The van der Waals surface area contributed by atoms with Crippen LogP contribution < -0.4 is 4.90 Å². The highest BCUT2D eigenvalue weighted by molar-refractivity contribution is 7.09. The summed E-state index contributed by atoms with van der Waals surface area (Å²) >= 11 is 1.60. The van der Waals surface area contributed by atoms with E-state index in [1.807, 2.05) is 23.6 Å². The van der Waals surface area contributed by atoms with E-state index in [1.165, 1.54) is 12.4 Å². The van der Waals surface area contributed by atoms with Crippen LogP contribution in [0.15, 0.2) is 54.3 Å². The number of morpholine rings is 1. The van der Waals surface area contributed by atoms with Gasteiger partial charge in [-0.25, -0.2) is 19.3 Å². The van der Waals surface area contributed by atoms with Crippen LogP contribution in [0.25, 0.3) is 22.2 Å². The molecule has 1 saturated heterocycles. The molecule has 1 fully saturated rings. The molecule has 0 bridgehead atoms. The summed E-state index contributed by atoms with van der Waals surface area (Å²) in [6.07, 6.45) is 3.97. The Morgan fingerprint density at radius 3 is 2.76 bits per heavy atom. The first kappa shape index (κ1) is 18.1. The highest BCUT2D eigenvalue weighted by Gasteiger charge is 2.16. The SMILES string of the molecule is Fc1ccc(Cc2nccs2)cc1-c1ncnc2cc(N3CCOCC3)ccc12. The number of aromatic nitrogens is 3. The number of hydrogen-bond donors (Lipinski definition) is 0. The lowest BCUT2D eigenvalue weighted by atomic mass is 10.0. The van der Waals surface area contributed by atoms with Gasteiger partial charge in [0.25, 0.3) is 0 Å². The van der Waals surface area contributed by atoms with Crippen LogP contribution in [0, 0.1) is 5.82 Å². The Bertz CT molecular complexity index is 1140. The topological polar surface area (TPSA) is 51.1 Å². The molecule has 5 nitrogen and oxygen atoms in total. The van der Waals surface area contributed by atoms with Crippen molar-refractivity contribution in [1.29, 1.82) is 0 Å². The molecule has 146 valence electrons. The van der Waals surface area contributed by atoms with Crippen molar-refractivity contribution >= 4 is 27.9 Å². The number of thiazole rings is 1. The van der Waals surface area contributed by atoms with Crippen molar-refractivity contribution in [2.24, 2.45) is 0 Å². The second-order valence-corrected chi connectivity index (χ2v) is 7.92. The molecule has 0 amide bonds. The summed E-state index contributed by atoms with van der Waals surface area (Å²) in [5.41, 5.74) is 4.02. The van der Waals surface area contributed by atoms with E-state index in [0.717, 1.165) is 53.5 Å². The van der Waals surface area contributed by atoms with Crippen molar-refractivity contribution in [3.63, 3.8) is 0 Å². The lowest BCUT2D eigenvalue weighted by molar-refractivity contribution is 0.122. The summed E-state index contributed by atoms with van der Waals surface area (Å²) < 4.78 is 20.2. The predicted octanol–water partition coefficient (Wildman–Crippen LogP) is 4.32. The summed E-state index contributed by atoms with van der Waals surface area (Å²) in [5.74, 6) is -0.287. The van der Waals surface area contributed by atoms with Gasteiger partial charge in [-0.05, 0) is 35.9 Å². The van der Waals surface area contributed by atoms with Crippen molar-refractivity contribution in [1.82, 2.24) is 15.0 Å². The lowest BCUT2D eigenvalue weighted by Crippen LogP contribution is -2.36. The van der Waals surface area contributed by atoms with E-state index < -0.39 is 0 Å². The van der Waals surface area contributed by atoms with E-state index in [0.29, 0.717) is 17.7 Å². The second-order valence-electron chi connectivity index (χ2n) is 6.94. The number of benzene rings is 2. The number of ether oxygens (including phenoxy) is 1. The molecule has 4 aromatic rings. The second kappa shape index (κ2) is 7.85. The average Bonchev–Trinajstić information content (AvgIpc) is 3.28. The van der Waals surface area contributed by atoms with Gasteiger partial charge in [0.15, 0.2) is 0 Å². The molecule has 1 aliphatic heterocycles. The normalized spacial score (nSPS) is 14.4. The molecule has 1 aliphatic rings. The fraction of sp³-hybridized carbons (Fsp3) is 0.227. The Morgan fingerprint density at radius 2 is 1.93 bits per heavy atom. The highest BCUT2D eigenvalue weighted by Crippen LogP contribution is 2.31. The minimum Gasteiger partial charge on any atom is -0.378 e. The first-order valence-electron chi connectivity index (χ1n) is 9.52. The van der Waals surface area contributed by atoms with E-state index >= 15 is 0 Å². The number of anilines is 1. The highest BCUT2D eigenvalue weighted by atomic mass is 32.1. The molecule has 0 unspecified atom stereocenters. The molecule has 0 radical (unpaired) electrons. The molecular weight excluding hydrogens is 387 g/mol. The maximum absolute atomic E-state index is 14.7. The maximum Gasteiger partial charge on any atom is 0.132 e. The average molecular weight is 406 g/mol. The maximum atomic E-state index is 14.7. The van der Waals surface area contributed by atoms with E-state index in [1.54, 1.807) is 23.6 Å². The van der Waals surface area contributed by atoms with Gasteiger partial charge >= 0.3 is 0 Å². The number of hydrogen-bond acceptors (Lipinski definition) is 6. The third-order valence-electron chi connectivity index (χ3n) is 5.12. The van der Waals surface area contributed by atoms with Crippen LogP contribution in [0.3, 0.4) is 0 Å². The third-order valence-corrected chi connectivity index (χ3v) is 5.90. The molecule has 0 N–H and O–H groups in total. The summed E-state index contributed by atoms with van der Waals surface area (Å²) in [6, 6.07) is 11.3. The largest absolute Gasteiger partial charge is 0.378 e. The monoisotopic (exact) mass is 406 g/mol. The van der Waals surface area contributed by atoms with Gasteiger partial charge in [0.2, 0.25) is 0 Å². The van der Waals surface area contributed by atoms with Crippen LogP contribution in [0.5, 0.6) is 0 Å². The number of halogens is 1. The molecule has 0 saturated carbocycles. The van der Waals surface area contributed by atoms with Crippen molar-refractivity contribution in [3.05, 3.63) is 70.7 Å². The molecule has 2 aromatic heterocycles. The third kappa shape index (κ3) is 3.71. The van der Waals surface area contributed by atoms with Crippen LogP contribution in [-0.2, 0) is 11.2 Å². The zero-order valence-corrected chi connectivity index (χ0v) is 16.5. The van der Waals surface area contributed by atoms with Crippen LogP contribution in [0.2, 0.25) is 0 Å². The molecule has 0 aliphatic carbocycles. The number of rotatable bonds is 4. The van der Waals surface area contributed by atoms with Crippen LogP contribution in [0.4, 0.5) is 10.1 Å². The van der Waals surface area contributed by atoms with Gasteiger partial charge in [-0.15, -0.1) is 11.3 Å². The summed E-state index contributed by atoms with van der Waals surface area (Å²) in [6.45, 7) is 3.17. The van der Waals surface area contributed by atoms with E-state index in [9.17, 15) is 4.39 Å². The Kier molecular flexibility index (Phi) is 4.91. The molecule has 3 heterocycles. The summed E-state index contributed by atoms with van der Waals surface area (Å²) in [7, 11) is 0. The molecule has 5 rings (SSSR count). The quantitative estimate of drug-likeness (QED) is 0.505. The molecule has 0 spiro atoms. The van der Waals surface area contributed by atoms with Crippen molar-refractivity contribution in [2.75, 3.05) is 31.2 Å². The fourth-order valence-electron chi connectivity index (χ4n) is 3.66. The van der Waals surface area contributed by atoms with E-state index in [2.05, 4.69) is 25.9 Å². The smallest absolute Gasteiger partial charge is 0.132 e. The molecule has 29 heavy (non-hydrogen) atoms. The fourth-order valence-corrected chi connectivity index (χ4v) is 4.31. The molecule has 0 atom stereocenters. The van der Waals surface area contributed by atoms with Crippen LogP contribution in [-0.4, -0.2) is 41.3 Å². The molecular formula is C22H19FN4OS. The van der Waals surface area contributed by atoms with Gasteiger partial charge in [0.05, 0.1) is 29.4 Å². The van der Waals surface area contributed by atoms with Gasteiger partial charge in [-0.1, -0.05) is 6.07 Å². The van der Waals surface area contributed by atoms with Gasteiger partial charge in [0.1, 0.15) is 12.1 Å². The standard InChI is InChI=1S/C22H19FN4OS/c23-19-4-1-15(12-21-24-5-10-29-21)11-18(19)22-17-3-2-16(13-20(17)25-14-26-22)27-6-8-28-9-7-27/h1-5,10-11,13-14H,6-9,12H2. The van der Waals surface area contributed by atoms with E-state index in [-0.39, 0.29) is 5.82 Å². The molecule has 7 heteroatoms. The first-order valence-corrected chi connectivity index (χ1v) is 10.4. The van der Waals surface area contributed by atoms with Crippen molar-refractivity contribution < 1.29 is 9.13 Å². The van der Waals surface area contributed by atoms with Gasteiger partial charge in [-0.3, -0.25) is 0 Å². The number of nitrogens with zero attached hydrogens (tertiary/aromatic N) is 4. The van der Waals surface area contributed by atoms with Gasteiger partial charge in [0, 0.05) is 47.7 Å². The first-order chi connectivity index (χ1) is 14.3. The van der Waals surface area contributed by atoms with Gasteiger partial charge < -0.3 is 9.64 Å². The van der Waals surface area contributed by atoms with Crippen molar-refractivity contribution in [3.8, 4) is 11.3 Å². The molecule has 2 aromatic carbocycles. The van der Waals surface area contributed by atoms with Gasteiger partial charge in [-0.2, -0.15) is 0 Å². The van der Waals surface area contributed by atoms with Crippen molar-refractivity contribution in [2.45, 2.75) is 6.42 Å². The zero-order chi connectivity index (χ0) is 19.6. The Morgan fingerprint density at radius 1 is 1.03 bits per heavy atom. The van der Waals surface area contributed by atoms with Crippen LogP contribution >= 0.6 is 11.3 Å². The predicted molar refractivity (Wildman–Crippen MR) is 113 cm³/mol. The minimum absolute atomic E-state index is 0.287. The Hall–Kier alpha value is -2.90. The lowest BCUT2D eigenvalue weighted by Gasteiger charge is -2.29. The van der Waals surface area contributed by atoms with Crippen LogP contribution in [0.1, 0.15) is 10.6 Å². The summed E-state index contributed by atoms with van der Waals surface area (Å²) in [4.78, 5) is 15.5.